The van der Waals surface area contributed by atoms with E-state index in [1.54, 1.807) is 18.2 Å². The van der Waals surface area contributed by atoms with Crippen LogP contribution >= 0.6 is 15.9 Å². The van der Waals surface area contributed by atoms with Gasteiger partial charge in [0, 0.05) is 16.1 Å². The summed E-state index contributed by atoms with van der Waals surface area (Å²) in [5, 5.41) is 0. The van der Waals surface area contributed by atoms with Crippen molar-refractivity contribution in [2.24, 2.45) is 5.73 Å². The maximum absolute atomic E-state index is 13.9. The molecule has 106 valence electrons. The van der Waals surface area contributed by atoms with Crippen molar-refractivity contribution in [3.63, 3.8) is 0 Å². The average molecular weight is 338 g/mol. The van der Waals surface area contributed by atoms with Crippen molar-refractivity contribution in [3.05, 3.63) is 63.9 Å². The van der Waals surface area contributed by atoms with E-state index in [2.05, 4.69) is 15.9 Å². The van der Waals surface area contributed by atoms with Gasteiger partial charge in [-0.1, -0.05) is 34.1 Å². The summed E-state index contributed by atoms with van der Waals surface area (Å²) in [5.41, 5.74) is 7.41. The van der Waals surface area contributed by atoms with E-state index in [9.17, 15) is 4.39 Å². The van der Waals surface area contributed by atoms with Crippen LogP contribution in [0.2, 0.25) is 0 Å². The van der Waals surface area contributed by atoms with E-state index in [1.807, 2.05) is 32.0 Å². The van der Waals surface area contributed by atoms with Crippen LogP contribution in [0.3, 0.4) is 0 Å². The molecule has 0 radical (unpaired) electrons. The van der Waals surface area contributed by atoms with Gasteiger partial charge in [0.1, 0.15) is 17.7 Å². The van der Waals surface area contributed by atoms with Crippen LogP contribution in [0, 0.1) is 12.7 Å². The number of hydrogen-bond donors (Lipinski definition) is 1. The number of aryl methyl sites for hydroxylation is 1. The molecule has 2 aromatic carbocycles. The maximum Gasteiger partial charge on any atom is 0.141 e. The Balaban J connectivity index is 2.33. The van der Waals surface area contributed by atoms with E-state index in [1.165, 1.54) is 6.07 Å². The second kappa shape index (κ2) is 6.37. The number of benzene rings is 2. The minimum atomic E-state index is -0.518. The lowest BCUT2D eigenvalue weighted by Gasteiger charge is -2.24. The largest absolute Gasteiger partial charge is 0.484 e. The van der Waals surface area contributed by atoms with E-state index in [0.29, 0.717) is 11.3 Å². The summed E-state index contributed by atoms with van der Waals surface area (Å²) in [6.45, 7) is 3.75. The molecule has 0 aromatic heterocycles. The molecule has 2 nitrogen and oxygen atoms in total. The number of halogens is 2. The molecule has 2 aromatic rings. The van der Waals surface area contributed by atoms with E-state index in [4.69, 9.17) is 10.5 Å². The molecule has 0 saturated heterocycles. The fourth-order valence-electron chi connectivity index (χ4n) is 2.04. The second-order valence-electron chi connectivity index (χ2n) is 4.83. The van der Waals surface area contributed by atoms with E-state index in [-0.39, 0.29) is 11.9 Å². The standard InChI is InChI=1S/C16H17BrFNO/c1-10-9-12(17)7-8-15(10)20-16(11(2)19)13-5-3-4-6-14(13)18/h3-9,11,16H,19H2,1-2H3. The highest BCUT2D eigenvalue weighted by Gasteiger charge is 2.22. The van der Waals surface area contributed by atoms with Crippen LogP contribution in [-0.2, 0) is 0 Å². The molecule has 0 bridgehead atoms. The third kappa shape index (κ3) is 3.38. The van der Waals surface area contributed by atoms with Crippen LogP contribution in [-0.4, -0.2) is 6.04 Å². The molecule has 20 heavy (non-hydrogen) atoms. The van der Waals surface area contributed by atoms with Crippen LogP contribution in [0.1, 0.15) is 24.2 Å². The predicted molar refractivity (Wildman–Crippen MR) is 82.3 cm³/mol. The fraction of sp³-hybridized carbons (Fsp3) is 0.250. The first-order valence-electron chi connectivity index (χ1n) is 6.42. The van der Waals surface area contributed by atoms with Gasteiger partial charge in [0.2, 0.25) is 0 Å². The summed E-state index contributed by atoms with van der Waals surface area (Å²) in [4.78, 5) is 0. The minimum absolute atomic E-state index is 0.301. The Morgan fingerprint density at radius 3 is 2.50 bits per heavy atom. The summed E-state index contributed by atoms with van der Waals surface area (Å²) in [5.74, 6) is 0.406. The van der Waals surface area contributed by atoms with Crippen molar-refractivity contribution in [2.75, 3.05) is 0 Å². The Bertz CT molecular complexity index is 601. The van der Waals surface area contributed by atoms with Gasteiger partial charge in [-0.05, 0) is 43.7 Å². The molecule has 2 rings (SSSR count). The molecule has 2 N–H and O–H groups in total. The summed E-state index contributed by atoms with van der Waals surface area (Å²) < 4.78 is 20.8. The number of nitrogens with two attached hydrogens (primary N) is 1. The number of rotatable bonds is 4. The summed E-state index contributed by atoms with van der Waals surface area (Å²) in [6, 6.07) is 11.9. The predicted octanol–water partition coefficient (Wildman–Crippen LogP) is 4.36. The van der Waals surface area contributed by atoms with Gasteiger partial charge in [0.25, 0.3) is 0 Å². The molecule has 0 aliphatic carbocycles. The van der Waals surface area contributed by atoms with E-state index >= 15 is 0 Å². The molecule has 0 heterocycles. The molecular weight excluding hydrogens is 321 g/mol. The lowest BCUT2D eigenvalue weighted by molar-refractivity contribution is 0.174. The highest BCUT2D eigenvalue weighted by atomic mass is 79.9. The van der Waals surface area contributed by atoms with Gasteiger partial charge in [-0.2, -0.15) is 0 Å². The van der Waals surface area contributed by atoms with E-state index in [0.717, 1.165) is 10.0 Å². The zero-order chi connectivity index (χ0) is 14.7. The SMILES string of the molecule is Cc1cc(Br)ccc1OC(c1ccccc1F)C(C)N. The molecule has 0 spiro atoms. The molecule has 0 aliphatic rings. The maximum atomic E-state index is 13.9. The third-order valence-electron chi connectivity index (χ3n) is 3.08. The highest BCUT2D eigenvalue weighted by molar-refractivity contribution is 9.10. The molecule has 2 unspecified atom stereocenters. The Labute approximate surface area is 126 Å². The monoisotopic (exact) mass is 337 g/mol. The molecule has 4 heteroatoms. The lowest BCUT2D eigenvalue weighted by Crippen LogP contribution is -2.30. The quantitative estimate of drug-likeness (QED) is 0.899. The molecular formula is C16H17BrFNO. The van der Waals surface area contributed by atoms with Crippen LogP contribution in [0.15, 0.2) is 46.9 Å². The molecule has 0 aliphatic heterocycles. The lowest BCUT2D eigenvalue weighted by atomic mass is 10.0. The van der Waals surface area contributed by atoms with Gasteiger partial charge in [0.15, 0.2) is 0 Å². The molecule has 0 saturated carbocycles. The minimum Gasteiger partial charge on any atom is -0.484 e. The number of hydrogen-bond acceptors (Lipinski definition) is 2. The van der Waals surface area contributed by atoms with Crippen LogP contribution in [0.25, 0.3) is 0 Å². The second-order valence-corrected chi connectivity index (χ2v) is 5.74. The molecule has 2 atom stereocenters. The zero-order valence-corrected chi connectivity index (χ0v) is 13.0. The smallest absolute Gasteiger partial charge is 0.141 e. The Morgan fingerprint density at radius 1 is 1.20 bits per heavy atom. The fourth-order valence-corrected chi connectivity index (χ4v) is 2.52. The van der Waals surface area contributed by atoms with Crippen molar-refractivity contribution in [1.29, 1.82) is 0 Å². The van der Waals surface area contributed by atoms with Crippen LogP contribution < -0.4 is 10.5 Å². The normalized spacial score (nSPS) is 13.8. The first-order chi connectivity index (χ1) is 9.49. The summed E-state index contributed by atoms with van der Waals surface area (Å²) in [7, 11) is 0. The van der Waals surface area contributed by atoms with E-state index < -0.39 is 6.10 Å². The van der Waals surface area contributed by atoms with Crippen molar-refractivity contribution < 1.29 is 9.13 Å². The van der Waals surface area contributed by atoms with Crippen LogP contribution in [0.4, 0.5) is 4.39 Å². The van der Waals surface area contributed by atoms with Crippen molar-refractivity contribution in [1.82, 2.24) is 0 Å². The Morgan fingerprint density at radius 2 is 1.90 bits per heavy atom. The van der Waals surface area contributed by atoms with Gasteiger partial charge >= 0.3 is 0 Å². The Hall–Kier alpha value is -1.39. The van der Waals surface area contributed by atoms with Gasteiger partial charge in [0.05, 0.1) is 0 Å². The summed E-state index contributed by atoms with van der Waals surface area (Å²) >= 11 is 3.41. The molecule has 0 fully saturated rings. The molecule has 0 amide bonds. The summed E-state index contributed by atoms with van der Waals surface area (Å²) in [6.07, 6.45) is -0.518. The topological polar surface area (TPSA) is 35.2 Å². The first kappa shape index (κ1) is 15.0. The third-order valence-corrected chi connectivity index (χ3v) is 3.57. The van der Waals surface area contributed by atoms with Gasteiger partial charge in [-0.15, -0.1) is 0 Å². The van der Waals surface area contributed by atoms with Crippen molar-refractivity contribution in [2.45, 2.75) is 26.0 Å². The van der Waals surface area contributed by atoms with Crippen LogP contribution in [0.5, 0.6) is 5.75 Å². The van der Waals surface area contributed by atoms with Gasteiger partial charge in [-0.3, -0.25) is 0 Å². The van der Waals surface area contributed by atoms with Gasteiger partial charge < -0.3 is 10.5 Å². The van der Waals surface area contributed by atoms with Crippen molar-refractivity contribution in [3.8, 4) is 5.75 Å². The first-order valence-corrected chi connectivity index (χ1v) is 7.21. The average Bonchev–Trinajstić information content (AvgIpc) is 2.39. The number of ether oxygens (including phenoxy) is 1. The van der Waals surface area contributed by atoms with Crippen molar-refractivity contribution >= 4 is 15.9 Å². The van der Waals surface area contributed by atoms with Gasteiger partial charge in [-0.25, -0.2) is 4.39 Å². The highest BCUT2D eigenvalue weighted by Crippen LogP contribution is 2.29. The Kier molecular flexibility index (Phi) is 4.78. The zero-order valence-electron chi connectivity index (χ0n) is 11.4.